The van der Waals surface area contributed by atoms with Crippen molar-refractivity contribution in [3.8, 4) is 11.3 Å². The quantitative estimate of drug-likeness (QED) is 0.0849. The molecule has 0 fully saturated rings. The zero-order valence-corrected chi connectivity index (χ0v) is 31.6. The number of halogens is 4. The lowest BCUT2D eigenvalue weighted by molar-refractivity contribution is -0.687. The molecule has 14 nitrogen and oxygen atoms in total. The Morgan fingerprint density at radius 2 is 1.49 bits per heavy atom. The summed E-state index contributed by atoms with van der Waals surface area (Å²) in [6, 6.07) is 13.6. The molecule has 18 heteroatoms. The van der Waals surface area contributed by atoms with Crippen LogP contribution in [-0.2, 0) is 27.8 Å². The van der Waals surface area contributed by atoms with Gasteiger partial charge in [-0.05, 0) is 66.0 Å². The van der Waals surface area contributed by atoms with Gasteiger partial charge >= 0.3 is 6.67 Å². The highest BCUT2D eigenvalue weighted by Crippen LogP contribution is 2.37. The average Bonchev–Trinajstić information content (AvgIpc) is 3.81. The van der Waals surface area contributed by atoms with Crippen LogP contribution in [-0.4, -0.2) is 45.0 Å². The van der Waals surface area contributed by atoms with Crippen LogP contribution in [0.4, 0.5) is 5.82 Å². The molecule has 0 bridgehead atoms. The Kier molecular flexibility index (Phi) is 16.2. The van der Waals surface area contributed by atoms with Crippen LogP contribution in [0.3, 0.4) is 0 Å². The summed E-state index contributed by atoms with van der Waals surface area (Å²) in [4.78, 5) is 26.6. The molecule has 0 aromatic carbocycles. The van der Waals surface area contributed by atoms with Crippen molar-refractivity contribution in [3.05, 3.63) is 144 Å². The molecule has 0 spiro atoms. The van der Waals surface area contributed by atoms with Crippen molar-refractivity contribution < 1.29 is 26.7 Å². The van der Waals surface area contributed by atoms with E-state index < -0.39 is 4.92 Å². The third-order valence-electron chi connectivity index (χ3n) is 6.26. The molecule has 0 atom stereocenters. The summed E-state index contributed by atoms with van der Waals surface area (Å²) in [6.45, 7) is 14.3. The van der Waals surface area contributed by atoms with E-state index in [9.17, 15) is 14.9 Å². The molecule has 6 aromatic rings. The van der Waals surface area contributed by atoms with E-state index in [1.54, 1.807) is 42.0 Å². The molecule has 252 valence electrons. The van der Waals surface area contributed by atoms with Crippen molar-refractivity contribution in [2.45, 2.75) is 6.67 Å². The van der Waals surface area contributed by atoms with Crippen molar-refractivity contribution >= 4 is 71.5 Å². The Hall–Kier alpha value is -4.94. The standard InChI is InChI=1S/C13H9BrN4.C7H7N2.C6H6BrN3O2.C5H5BrN2O.ClH/c1-15-13-10(12-11(14)8-16-17(12)2)7-9-5-3-4-6-18(9)13;1-8-7-9-5-3-2-4-6-9;1-9-6(2-3-10(11)12)5(7)4-8-9;1-8-5(3-9)4(6)2-7-8;/h3-8H,2H3;2-6H,7H2;2-4H,1H3;2-3H,1H3;1H/q;+1;;;/p-1/b;;3-2+;;. The number of carbonyl (C=O) groups excluding carboxylic acids is 1. The fourth-order valence-corrected chi connectivity index (χ4v) is 5.50. The van der Waals surface area contributed by atoms with Gasteiger partial charge in [0.25, 0.3) is 0 Å². The number of fused-ring (bicyclic) bond motifs is 1. The summed E-state index contributed by atoms with van der Waals surface area (Å²) in [5.74, 6) is 0.606. The molecule has 0 N–H and O–H groups in total. The van der Waals surface area contributed by atoms with Crippen molar-refractivity contribution in [1.29, 1.82) is 0 Å². The first-order valence-corrected chi connectivity index (χ1v) is 15.9. The van der Waals surface area contributed by atoms with Gasteiger partial charge in [0.05, 0.1) is 54.5 Å². The Labute approximate surface area is 312 Å². The van der Waals surface area contributed by atoms with Crippen LogP contribution in [0.1, 0.15) is 16.2 Å². The SMILES string of the molecule is Cn1ncc(Br)c1/C=C/[N+](=O)[O-].Cn1ncc(Br)c1C=O.[C-]#[N+]C[n+]1ccccc1.[C-]#[N+]c1c(-c2c(Br)cnn2C)cc2ccccn12.[Cl-]. The Morgan fingerprint density at radius 1 is 0.898 bits per heavy atom. The molecule has 0 aliphatic carbocycles. The number of nitrogens with zero attached hydrogens (tertiary/aromatic N) is 11. The van der Waals surface area contributed by atoms with E-state index in [-0.39, 0.29) is 12.4 Å². The fourth-order valence-electron chi connectivity index (χ4n) is 4.01. The maximum absolute atomic E-state index is 10.2. The van der Waals surface area contributed by atoms with Gasteiger partial charge in [-0.1, -0.05) is 18.7 Å². The lowest BCUT2D eigenvalue weighted by Gasteiger charge is -2.01. The molecular weight excluding hydrogens is 850 g/mol. The van der Waals surface area contributed by atoms with Crippen LogP contribution in [0, 0.1) is 23.3 Å². The van der Waals surface area contributed by atoms with Gasteiger partial charge < -0.3 is 17.3 Å². The van der Waals surface area contributed by atoms with Gasteiger partial charge in [-0.2, -0.15) is 15.3 Å². The normalized spacial score (nSPS) is 9.88. The van der Waals surface area contributed by atoms with Crippen LogP contribution in [0.25, 0.3) is 32.5 Å². The van der Waals surface area contributed by atoms with Gasteiger partial charge in [0.1, 0.15) is 11.2 Å². The topological polar surface area (TPSA) is 131 Å². The third kappa shape index (κ3) is 11.0. The van der Waals surface area contributed by atoms with E-state index in [1.165, 1.54) is 10.8 Å². The number of pyridine rings is 2. The molecule has 6 aromatic heterocycles. The molecule has 0 aliphatic rings. The molecule has 0 aliphatic heterocycles. The largest absolute Gasteiger partial charge is 1.00 e. The molecular formula is C31H27Br3ClN11O3. The molecule has 0 saturated carbocycles. The van der Waals surface area contributed by atoms with Crippen LogP contribution < -0.4 is 17.0 Å². The average molecular weight is 877 g/mol. The second kappa shape index (κ2) is 19.8. The fraction of sp³-hybridized carbons (Fsp3) is 0.129. The molecule has 0 unspecified atom stereocenters. The predicted molar refractivity (Wildman–Crippen MR) is 190 cm³/mol. The van der Waals surface area contributed by atoms with Crippen LogP contribution in [0.2, 0.25) is 0 Å². The number of aldehydes is 1. The van der Waals surface area contributed by atoms with Crippen LogP contribution in [0.15, 0.2) is 99.3 Å². The van der Waals surface area contributed by atoms with Crippen molar-refractivity contribution in [1.82, 2.24) is 33.7 Å². The van der Waals surface area contributed by atoms with Crippen molar-refractivity contribution in [3.63, 3.8) is 0 Å². The first-order valence-electron chi connectivity index (χ1n) is 13.6. The first-order chi connectivity index (χ1) is 23.0. The zero-order chi connectivity index (χ0) is 35.2. The molecule has 0 saturated heterocycles. The highest BCUT2D eigenvalue weighted by Gasteiger charge is 2.17. The van der Waals surface area contributed by atoms with E-state index in [0.717, 1.165) is 42.7 Å². The molecule has 6 heterocycles. The lowest BCUT2D eigenvalue weighted by Crippen LogP contribution is -3.00. The second-order valence-electron chi connectivity index (χ2n) is 9.36. The van der Waals surface area contributed by atoms with Crippen molar-refractivity contribution in [2.75, 3.05) is 0 Å². The van der Waals surface area contributed by atoms with Crippen LogP contribution >= 0.6 is 47.8 Å². The van der Waals surface area contributed by atoms with Gasteiger partial charge in [-0.3, -0.25) is 33.4 Å². The highest BCUT2D eigenvalue weighted by molar-refractivity contribution is 9.11. The van der Waals surface area contributed by atoms with Crippen LogP contribution in [0.5, 0.6) is 0 Å². The van der Waals surface area contributed by atoms with Gasteiger partial charge in [0, 0.05) is 44.9 Å². The summed E-state index contributed by atoms with van der Waals surface area (Å²) < 4.78 is 10.9. The van der Waals surface area contributed by atoms with E-state index in [4.69, 9.17) is 13.1 Å². The van der Waals surface area contributed by atoms with E-state index in [1.807, 2.05) is 77.1 Å². The number of aryl methyl sites for hydroxylation is 3. The number of hydrogen-bond donors (Lipinski definition) is 0. The summed E-state index contributed by atoms with van der Waals surface area (Å²) in [6.07, 6.45) is 13.6. The molecule has 0 radical (unpaired) electrons. The number of aromatic nitrogens is 8. The Balaban J connectivity index is 0.000000237. The number of hydrogen-bond acceptors (Lipinski definition) is 6. The third-order valence-corrected chi connectivity index (χ3v) is 8.06. The second-order valence-corrected chi connectivity index (χ2v) is 11.9. The summed E-state index contributed by atoms with van der Waals surface area (Å²) in [5.41, 5.74) is 4.06. The van der Waals surface area contributed by atoms with Gasteiger partial charge in [0.15, 0.2) is 18.7 Å². The zero-order valence-electron chi connectivity index (χ0n) is 26.1. The lowest BCUT2D eigenvalue weighted by atomic mass is 10.2. The summed E-state index contributed by atoms with van der Waals surface area (Å²) in [7, 11) is 5.30. The Bertz CT molecular complexity index is 2070. The minimum absolute atomic E-state index is 0. The number of rotatable bonds is 5. The molecule has 0 amide bonds. The maximum Gasteiger partial charge on any atom is 0.406 e. The van der Waals surface area contributed by atoms with Gasteiger partial charge in [0.2, 0.25) is 12.0 Å². The Morgan fingerprint density at radius 3 is 1.96 bits per heavy atom. The number of nitro groups is 1. The minimum Gasteiger partial charge on any atom is -1.00 e. The number of carbonyl (C=O) groups is 1. The van der Waals surface area contributed by atoms with Gasteiger partial charge in [-0.15, -0.1) is 4.57 Å². The monoisotopic (exact) mass is 873 g/mol. The maximum atomic E-state index is 10.2. The summed E-state index contributed by atoms with van der Waals surface area (Å²) in [5, 5.41) is 21.9. The summed E-state index contributed by atoms with van der Waals surface area (Å²) >= 11 is 9.85. The first kappa shape index (κ1) is 40.2. The molecule has 49 heavy (non-hydrogen) atoms. The van der Waals surface area contributed by atoms with Gasteiger partial charge in [-0.25, -0.2) is 11.4 Å². The smallest absolute Gasteiger partial charge is 0.406 e. The predicted octanol–water partition coefficient (Wildman–Crippen LogP) is 3.93. The molecule has 6 rings (SSSR count). The van der Waals surface area contributed by atoms with E-state index >= 15 is 0 Å². The van der Waals surface area contributed by atoms with E-state index in [0.29, 0.717) is 23.9 Å². The van der Waals surface area contributed by atoms with Crippen molar-refractivity contribution in [2.24, 2.45) is 21.1 Å². The van der Waals surface area contributed by atoms with E-state index in [2.05, 4.69) is 72.8 Å². The highest BCUT2D eigenvalue weighted by atomic mass is 79.9. The minimum atomic E-state index is -0.514.